The highest BCUT2D eigenvalue weighted by atomic mass is 35.5. The number of hydrogen-bond donors (Lipinski definition) is 1. The van der Waals surface area contributed by atoms with Gasteiger partial charge in [-0.3, -0.25) is 0 Å². The lowest BCUT2D eigenvalue weighted by Crippen LogP contribution is -2.19. The molecule has 110 valence electrons. The lowest BCUT2D eigenvalue weighted by atomic mass is 10.1. The molecule has 0 amide bonds. The second-order valence-electron chi connectivity index (χ2n) is 5.02. The Morgan fingerprint density at radius 3 is 2.60 bits per heavy atom. The van der Waals surface area contributed by atoms with Crippen molar-refractivity contribution in [1.29, 1.82) is 5.26 Å². The zero-order valence-corrected chi connectivity index (χ0v) is 13.1. The van der Waals surface area contributed by atoms with Gasteiger partial charge in [-0.05, 0) is 37.1 Å². The van der Waals surface area contributed by atoms with Gasteiger partial charge in [0.1, 0.15) is 6.07 Å². The van der Waals surface area contributed by atoms with Crippen LogP contribution in [0.4, 0.5) is 0 Å². The summed E-state index contributed by atoms with van der Waals surface area (Å²) in [6.45, 7) is 7.61. The first-order valence-corrected chi connectivity index (χ1v) is 6.99. The van der Waals surface area contributed by atoms with Crippen LogP contribution in [0, 0.1) is 17.2 Å². The molecule has 1 aromatic carbocycles. The number of halogens is 1. The fourth-order valence-electron chi connectivity index (χ4n) is 1.70. The number of methoxy groups -OCH3 is 1. The van der Waals surface area contributed by atoms with Gasteiger partial charge in [-0.2, -0.15) is 5.26 Å². The summed E-state index contributed by atoms with van der Waals surface area (Å²) in [4.78, 5) is 0. The summed E-state index contributed by atoms with van der Waals surface area (Å²) < 4.78 is 10.8. The standard InChI is InChI=1S/C15H21ClN2O2/c1-10(2)8-18-9-12-5-13(16)15(14(6-12)19-4)20-11(3)7-17/h5-6,10-11,18H,8-9H2,1-4H3. The van der Waals surface area contributed by atoms with E-state index < -0.39 is 6.10 Å². The second-order valence-corrected chi connectivity index (χ2v) is 5.43. The second kappa shape index (κ2) is 7.98. The van der Waals surface area contributed by atoms with Gasteiger partial charge in [-0.25, -0.2) is 0 Å². The number of benzene rings is 1. The summed E-state index contributed by atoms with van der Waals surface area (Å²) in [7, 11) is 1.56. The predicted molar refractivity (Wildman–Crippen MR) is 80.3 cm³/mol. The van der Waals surface area contributed by atoms with E-state index >= 15 is 0 Å². The first-order chi connectivity index (χ1) is 9.47. The molecule has 0 bridgehead atoms. The van der Waals surface area contributed by atoms with Gasteiger partial charge < -0.3 is 14.8 Å². The molecule has 20 heavy (non-hydrogen) atoms. The third-order valence-corrected chi connectivity index (χ3v) is 2.93. The molecule has 0 aliphatic rings. The molecular weight excluding hydrogens is 276 g/mol. The Labute approximate surface area is 125 Å². The largest absolute Gasteiger partial charge is 0.493 e. The maximum absolute atomic E-state index is 8.80. The first kappa shape index (κ1) is 16.6. The minimum Gasteiger partial charge on any atom is -0.493 e. The number of ether oxygens (including phenoxy) is 2. The highest BCUT2D eigenvalue weighted by Gasteiger charge is 2.14. The van der Waals surface area contributed by atoms with Crippen molar-refractivity contribution in [2.45, 2.75) is 33.4 Å². The van der Waals surface area contributed by atoms with Gasteiger partial charge in [0.15, 0.2) is 17.6 Å². The molecule has 0 aliphatic heterocycles. The van der Waals surface area contributed by atoms with Gasteiger partial charge in [0.2, 0.25) is 0 Å². The molecule has 1 N–H and O–H groups in total. The van der Waals surface area contributed by atoms with Crippen LogP contribution in [0.3, 0.4) is 0 Å². The van der Waals surface area contributed by atoms with Gasteiger partial charge in [0, 0.05) is 6.54 Å². The Morgan fingerprint density at radius 2 is 2.05 bits per heavy atom. The lowest BCUT2D eigenvalue weighted by molar-refractivity contribution is 0.260. The van der Waals surface area contributed by atoms with Crippen LogP contribution in [-0.2, 0) is 6.54 Å². The smallest absolute Gasteiger partial charge is 0.182 e. The molecule has 1 atom stereocenters. The van der Waals surface area contributed by atoms with Crippen LogP contribution in [0.2, 0.25) is 5.02 Å². The van der Waals surface area contributed by atoms with Crippen LogP contribution in [0.15, 0.2) is 12.1 Å². The molecule has 0 spiro atoms. The molecule has 0 radical (unpaired) electrons. The summed E-state index contributed by atoms with van der Waals surface area (Å²) in [6.07, 6.45) is -0.577. The average Bonchev–Trinajstić information content (AvgIpc) is 2.40. The van der Waals surface area contributed by atoms with Gasteiger partial charge in [-0.15, -0.1) is 0 Å². The highest BCUT2D eigenvalue weighted by Crippen LogP contribution is 2.37. The fourth-order valence-corrected chi connectivity index (χ4v) is 1.98. The lowest BCUT2D eigenvalue weighted by Gasteiger charge is -2.15. The molecule has 0 aromatic heterocycles. The Morgan fingerprint density at radius 1 is 1.35 bits per heavy atom. The van der Waals surface area contributed by atoms with Gasteiger partial charge in [0.05, 0.1) is 12.1 Å². The van der Waals surface area contributed by atoms with Crippen molar-refractivity contribution in [3.05, 3.63) is 22.7 Å². The molecule has 0 aliphatic carbocycles. The molecule has 0 fully saturated rings. The summed E-state index contributed by atoms with van der Waals surface area (Å²) in [5.74, 6) is 1.54. The van der Waals surface area contributed by atoms with Crippen LogP contribution in [0.5, 0.6) is 11.5 Å². The topological polar surface area (TPSA) is 54.3 Å². The highest BCUT2D eigenvalue weighted by molar-refractivity contribution is 6.32. The van der Waals surface area contributed by atoms with Crippen molar-refractivity contribution in [3.63, 3.8) is 0 Å². The third-order valence-electron chi connectivity index (χ3n) is 2.65. The van der Waals surface area contributed by atoms with E-state index in [9.17, 15) is 0 Å². The van der Waals surface area contributed by atoms with Crippen molar-refractivity contribution in [2.75, 3.05) is 13.7 Å². The number of nitrogens with zero attached hydrogens (tertiary/aromatic N) is 1. The Bertz CT molecular complexity index is 483. The SMILES string of the molecule is COc1cc(CNCC(C)C)cc(Cl)c1OC(C)C#N. The maximum atomic E-state index is 8.80. The molecule has 5 heteroatoms. The van der Waals surface area contributed by atoms with E-state index in [1.165, 1.54) is 0 Å². The fraction of sp³-hybridized carbons (Fsp3) is 0.533. The normalized spacial score (nSPS) is 12.1. The van der Waals surface area contributed by atoms with E-state index in [0.717, 1.165) is 12.1 Å². The number of rotatable bonds is 7. The van der Waals surface area contributed by atoms with E-state index in [1.807, 2.05) is 18.2 Å². The third kappa shape index (κ3) is 4.92. The van der Waals surface area contributed by atoms with Crippen LogP contribution >= 0.6 is 11.6 Å². The van der Waals surface area contributed by atoms with E-state index in [0.29, 0.717) is 29.0 Å². The molecular formula is C15H21ClN2O2. The number of nitrogens with one attached hydrogen (secondary N) is 1. The van der Waals surface area contributed by atoms with Crippen molar-refractivity contribution in [1.82, 2.24) is 5.32 Å². The summed E-state index contributed by atoms with van der Waals surface area (Å²) >= 11 is 6.21. The van der Waals surface area contributed by atoms with Crippen molar-refractivity contribution in [2.24, 2.45) is 5.92 Å². The van der Waals surface area contributed by atoms with Crippen molar-refractivity contribution in [3.8, 4) is 17.6 Å². The number of hydrogen-bond acceptors (Lipinski definition) is 4. The molecule has 1 rings (SSSR count). The molecule has 4 nitrogen and oxygen atoms in total. The van der Waals surface area contributed by atoms with Crippen LogP contribution in [0.1, 0.15) is 26.3 Å². The van der Waals surface area contributed by atoms with E-state index in [-0.39, 0.29) is 0 Å². The summed E-state index contributed by atoms with van der Waals surface area (Å²) in [6, 6.07) is 5.71. The zero-order chi connectivity index (χ0) is 15.1. The van der Waals surface area contributed by atoms with Gasteiger partial charge >= 0.3 is 0 Å². The number of nitriles is 1. The van der Waals surface area contributed by atoms with E-state index in [4.69, 9.17) is 26.3 Å². The van der Waals surface area contributed by atoms with Crippen LogP contribution < -0.4 is 14.8 Å². The molecule has 0 heterocycles. The van der Waals surface area contributed by atoms with Crippen molar-refractivity contribution >= 4 is 11.6 Å². The Balaban J connectivity index is 2.87. The zero-order valence-electron chi connectivity index (χ0n) is 12.4. The molecule has 1 aromatic rings. The van der Waals surface area contributed by atoms with Crippen LogP contribution in [-0.4, -0.2) is 19.8 Å². The van der Waals surface area contributed by atoms with Gasteiger partial charge in [-0.1, -0.05) is 25.4 Å². The van der Waals surface area contributed by atoms with Crippen LogP contribution in [0.25, 0.3) is 0 Å². The monoisotopic (exact) mass is 296 g/mol. The minimum absolute atomic E-state index is 0.413. The molecule has 0 saturated carbocycles. The minimum atomic E-state index is -0.577. The van der Waals surface area contributed by atoms with E-state index in [1.54, 1.807) is 14.0 Å². The van der Waals surface area contributed by atoms with Gasteiger partial charge in [0.25, 0.3) is 0 Å². The predicted octanol–water partition coefficient (Wildman–Crippen LogP) is 3.39. The maximum Gasteiger partial charge on any atom is 0.182 e. The van der Waals surface area contributed by atoms with Crippen molar-refractivity contribution < 1.29 is 9.47 Å². The average molecular weight is 297 g/mol. The molecule has 0 saturated heterocycles. The quantitative estimate of drug-likeness (QED) is 0.838. The Hall–Kier alpha value is -1.44. The summed E-state index contributed by atoms with van der Waals surface area (Å²) in [5.41, 5.74) is 1.02. The molecule has 1 unspecified atom stereocenters. The van der Waals surface area contributed by atoms with E-state index in [2.05, 4.69) is 19.2 Å². The summed E-state index contributed by atoms with van der Waals surface area (Å²) in [5, 5.41) is 12.6. The first-order valence-electron chi connectivity index (χ1n) is 6.61. The Kier molecular flexibility index (Phi) is 6.63.